The van der Waals surface area contributed by atoms with Crippen molar-refractivity contribution in [1.29, 1.82) is 0 Å². The van der Waals surface area contributed by atoms with E-state index < -0.39 is 0 Å². The highest BCUT2D eigenvalue weighted by atomic mass is 32.2. The molecule has 0 atom stereocenters. The van der Waals surface area contributed by atoms with Gasteiger partial charge in [0.1, 0.15) is 0 Å². The molecule has 4 heteroatoms. The summed E-state index contributed by atoms with van der Waals surface area (Å²) in [5.74, 6) is 0. The summed E-state index contributed by atoms with van der Waals surface area (Å²) in [6.07, 6.45) is 0. The van der Waals surface area contributed by atoms with Crippen LogP contribution < -0.4 is 0 Å². The van der Waals surface area contributed by atoms with Gasteiger partial charge in [-0.25, -0.2) is 3.63 Å². The third-order valence-corrected chi connectivity index (χ3v) is 5.96. The van der Waals surface area contributed by atoms with Crippen molar-refractivity contribution >= 4 is 35.8 Å². The van der Waals surface area contributed by atoms with Crippen molar-refractivity contribution in [2.45, 2.75) is 19.6 Å². The lowest BCUT2D eigenvalue weighted by Gasteiger charge is -2.00. The fourth-order valence-electron chi connectivity index (χ4n) is 2.16. The number of rotatable bonds is 6. The highest BCUT2D eigenvalue weighted by Crippen LogP contribution is 2.29. The highest BCUT2D eigenvalue weighted by Gasteiger charge is 1.96. The molecule has 0 aliphatic rings. The van der Waals surface area contributed by atoms with Crippen LogP contribution in [0.15, 0.2) is 141 Å². The van der Waals surface area contributed by atoms with Crippen LogP contribution in [0.5, 0.6) is 0 Å². The molecule has 0 amide bonds. The Hall–Kier alpha value is -2.11. The maximum Gasteiger partial charge on any atom is 0.0447 e. The van der Waals surface area contributed by atoms with Gasteiger partial charge in [-0.1, -0.05) is 84.6 Å². The zero-order valence-corrected chi connectivity index (χ0v) is 17.6. The highest BCUT2D eigenvalue weighted by molar-refractivity contribution is 8.07. The Labute approximate surface area is 180 Å². The standard InChI is InChI=1S/C12H10OS2.C12H10S/c1-3-7-11(8-4-1)14-13-15-12-9-5-2-6-10-12;1-3-7-11(8-4-1)13-12-9-5-2-6-10-12/h1-10H;1-10H. The van der Waals surface area contributed by atoms with Crippen molar-refractivity contribution in [1.82, 2.24) is 0 Å². The molecule has 0 aliphatic carbocycles. The van der Waals surface area contributed by atoms with Crippen LogP contribution in [0.1, 0.15) is 0 Å². The molecule has 0 radical (unpaired) electrons. The van der Waals surface area contributed by atoms with E-state index in [0.29, 0.717) is 0 Å². The zero-order chi connectivity index (χ0) is 19.3. The van der Waals surface area contributed by atoms with Gasteiger partial charge in [-0.05, 0) is 48.5 Å². The van der Waals surface area contributed by atoms with Gasteiger partial charge in [0.2, 0.25) is 0 Å². The van der Waals surface area contributed by atoms with Gasteiger partial charge in [-0.2, -0.15) is 0 Å². The largest absolute Gasteiger partial charge is 0.237 e. The number of hydrogen-bond acceptors (Lipinski definition) is 4. The Morgan fingerprint density at radius 1 is 0.357 bits per heavy atom. The Balaban J connectivity index is 0.000000162. The third-order valence-electron chi connectivity index (χ3n) is 3.47. The lowest BCUT2D eigenvalue weighted by Crippen LogP contribution is -1.71. The first-order chi connectivity index (χ1) is 13.9. The second-order valence-electron chi connectivity index (χ2n) is 5.59. The average molecular weight is 421 g/mol. The topological polar surface area (TPSA) is 9.23 Å². The number of benzene rings is 4. The second-order valence-corrected chi connectivity index (χ2v) is 8.56. The van der Waals surface area contributed by atoms with E-state index >= 15 is 0 Å². The molecule has 0 saturated heterocycles. The minimum absolute atomic E-state index is 1.11. The molecule has 1 nitrogen and oxygen atoms in total. The van der Waals surface area contributed by atoms with Crippen molar-refractivity contribution < 1.29 is 3.63 Å². The van der Waals surface area contributed by atoms with E-state index in [2.05, 4.69) is 48.5 Å². The van der Waals surface area contributed by atoms with Crippen LogP contribution in [0.25, 0.3) is 0 Å². The first-order valence-corrected chi connectivity index (χ1v) is 11.1. The fraction of sp³-hybridized carbons (Fsp3) is 0. The summed E-state index contributed by atoms with van der Waals surface area (Å²) in [6, 6.07) is 40.9. The molecule has 4 rings (SSSR count). The summed E-state index contributed by atoms with van der Waals surface area (Å²) in [4.78, 5) is 4.80. The second kappa shape index (κ2) is 12.4. The van der Waals surface area contributed by atoms with Crippen molar-refractivity contribution in [3.63, 3.8) is 0 Å². The van der Waals surface area contributed by atoms with E-state index in [9.17, 15) is 0 Å². The van der Waals surface area contributed by atoms with Crippen LogP contribution in [0.2, 0.25) is 0 Å². The van der Waals surface area contributed by atoms with Crippen LogP contribution in [-0.4, -0.2) is 0 Å². The van der Waals surface area contributed by atoms with Crippen molar-refractivity contribution in [2.75, 3.05) is 0 Å². The summed E-state index contributed by atoms with van der Waals surface area (Å²) < 4.78 is 5.44. The van der Waals surface area contributed by atoms with Crippen LogP contribution in [0, 0.1) is 0 Å². The Morgan fingerprint density at radius 3 is 0.964 bits per heavy atom. The summed E-state index contributed by atoms with van der Waals surface area (Å²) in [5.41, 5.74) is 0. The summed E-state index contributed by atoms with van der Waals surface area (Å²) in [6.45, 7) is 0. The molecule has 0 bridgehead atoms. The molecule has 0 saturated carbocycles. The van der Waals surface area contributed by atoms with Gasteiger partial charge in [0.25, 0.3) is 0 Å². The smallest absolute Gasteiger partial charge is 0.0447 e. The quantitative estimate of drug-likeness (QED) is 0.290. The molecule has 0 fully saturated rings. The van der Waals surface area contributed by atoms with E-state index in [1.165, 1.54) is 33.9 Å². The van der Waals surface area contributed by atoms with Gasteiger partial charge in [0.05, 0.1) is 0 Å². The van der Waals surface area contributed by atoms with E-state index in [1.54, 1.807) is 11.8 Å². The van der Waals surface area contributed by atoms with Crippen LogP contribution in [-0.2, 0) is 3.63 Å². The summed E-state index contributed by atoms with van der Waals surface area (Å²) in [7, 11) is 0. The van der Waals surface area contributed by atoms with Gasteiger partial charge < -0.3 is 0 Å². The maximum absolute atomic E-state index is 5.44. The number of hydrogen-bond donors (Lipinski definition) is 0. The normalized spacial score (nSPS) is 10.0. The Bertz CT molecular complexity index is 824. The molecule has 0 aromatic heterocycles. The molecule has 0 aliphatic heterocycles. The van der Waals surface area contributed by atoms with E-state index in [0.717, 1.165) is 9.79 Å². The first-order valence-electron chi connectivity index (χ1n) is 8.79. The lowest BCUT2D eigenvalue weighted by atomic mass is 10.4. The van der Waals surface area contributed by atoms with Gasteiger partial charge >= 0.3 is 0 Å². The van der Waals surface area contributed by atoms with Gasteiger partial charge in [0, 0.05) is 43.7 Å². The fourth-order valence-corrected chi connectivity index (χ4v) is 4.32. The molecule has 0 N–H and O–H groups in total. The van der Waals surface area contributed by atoms with Crippen molar-refractivity contribution in [3.8, 4) is 0 Å². The Kier molecular flexibility index (Phi) is 9.11. The minimum atomic E-state index is 1.11. The molecule has 0 heterocycles. The maximum atomic E-state index is 5.44. The molecular weight excluding hydrogens is 400 g/mol. The van der Waals surface area contributed by atoms with E-state index in [1.807, 2.05) is 72.8 Å². The first kappa shape index (κ1) is 20.6. The molecule has 4 aromatic carbocycles. The van der Waals surface area contributed by atoms with Crippen LogP contribution in [0.4, 0.5) is 0 Å². The van der Waals surface area contributed by atoms with E-state index in [4.69, 9.17) is 3.63 Å². The van der Waals surface area contributed by atoms with Gasteiger partial charge in [-0.15, -0.1) is 0 Å². The monoisotopic (exact) mass is 420 g/mol. The van der Waals surface area contributed by atoms with Gasteiger partial charge in [-0.3, -0.25) is 0 Å². The van der Waals surface area contributed by atoms with Gasteiger partial charge in [0.15, 0.2) is 0 Å². The zero-order valence-electron chi connectivity index (χ0n) is 15.2. The Morgan fingerprint density at radius 2 is 0.643 bits per heavy atom. The predicted molar refractivity (Wildman–Crippen MR) is 123 cm³/mol. The average Bonchev–Trinajstić information content (AvgIpc) is 2.77. The van der Waals surface area contributed by atoms with Crippen molar-refractivity contribution in [2.24, 2.45) is 0 Å². The van der Waals surface area contributed by atoms with Crippen LogP contribution >= 0.6 is 35.8 Å². The van der Waals surface area contributed by atoms with Crippen molar-refractivity contribution in [3.05, 3.63) is 121 Å². The summed E-state index contributed by atoms with van der Waals surface area (Å²) >= 11 is 4.54. The molecular formula is C24H20OS3. The molecule has 28 heavy (non-hydrogen) atoms. The minimum Gasteiger partial charge on any atom is -0.237 e. The van der Waals surface area contributed by atoms with E-state index in [-0.39, 0.29) is 0 Å². The third kappa shape index (κ3) is 7.87. The predicted octanol–water partition coefficient (Wildman–Crippen LogP) is 8.26. The SMILES string of the molecule is c1ccc(SOSc2ccccc2)cc1.c1ccc(Sc2ccccc2)cc1. The molecule has 140 valence electrons. The molecule has 0 spiro atoms. The summed E-state index contributed by atoms with van der Waals surface area (Å²) in [5, 5.41) is 0. The molecule has 0 unspecified atom stereocenters. The lowest BCUT2D eigenvalue weighted by molar-refractivity contribution is 0.757. The molecule has 4 aromatic rings. The van der Waals surface area contributed by atoms with Crippen LogP contribution in [0.3, 0.4) is 0 Å².